The SMILES string of the molecule is Nc1csc(-c2ccccc2)[n+]1-c1ccccc1.[Cl-]. The smallest absolute Gasteiger partial charge is 0.288 e. The van der Waals surface area contributed by atoms with E-state index in [4.69, 9.17) is 5.73 Å². The minimum absolute atomic E-state index is 0. The summed E-state index contributed by atoms with van der Waals surface area (Å²) in [5.74, 6) is 0.769. The first-order chi connectivity index (χ1) is 8.86. The molecule has 0 aliphatic rings. The molecule has 2 aromatic carbocycles. The first-order valence-electron chi connectivity index (χ1n) is 5.76. The number of hydrogen-bond donors (Lipinski definition) is 1. The van der Waals surface area contributed by atoms with E-state index in [1.54, 1.807) is 11.3 Å². The zero-order chi connectivity index (χ0) is 12.4. The van der Waals surface area contributed by atoms with E-state index in [1.807, 2.05) is 41.8 Å². The van der Waals surface area contributed by atoms with E-state index >= 15 is 0 Å². The first kappa shape index (κ1) is 13.6. The van der Waals surface area contributed by atoms with E-state index in [0.29, 0.717) is 0 Å². The number of benzene rings is 2. The number of aromatic nitrogens is 1. The normalized spacial score (nSPS) is 9.89. The molecule has 1 heterocycles. The molecular formula is C15H13ClN2S. The summed E-state index contributed by atoms with van der Waals surface area (Å²) in [5.41, 5.74) is 8.36. The van der Waals surface area contributed by atoms with Gasteiger partial charge in [0.1, 0.15) is 5.69 Å². The molecule has 0 bridgehead atoms. The van der Waals surface area contributed by atoms with Gasteiger partial charge in [-0.3, -0.25) is 5.73 Å². The van der Waals surface area contributed by atoms with Gasteiger partial charge in [-0.1, -0.05) is 47.7 Å². The highest BCUT2D eigenvalue weighted by molar-refractivity contribution is 7.13. The van der Waals surface area contributed by atoms with Crippen molar-refractivity contribution < 1.29 is 17.0 Å². The van der Waals surface area contributed by atoms with Crippen molar-refractivity contribution in [3.05, 3.63) is 66.0 Å². The Kier molecular flexibility index (Phi) is 4.20. The number of halogens is 1. The van der Waals surface area contributed by atoms with Crippen molar-refractivity contribution in [1.82, 2.24) is 0 Å². The van der Waals surface area contributed by atoms with Crippen molar-refractivity contribution in [2.45, 2.75) is 0 Å². The molecule has 0 fully saturated rings. The lowest BCUT2D eigenvalue weighted by Gasteiger charge is -2.03. The highest BCUT2D eigenvalue weighted by Gasteiger charge is 2.17. The predicted octanol–water partition coefficient (Wildman–Crippen LogP) is 0.278. The molecule has 0 amide bonds. The van der Waals surface area contributed by atoms with Crippen LogP contribution in [0.3, 0.4) is 0 Å². The summed E-state index contributed by atoms with van der Waals surface area (Å²) in [6.07, 6.45) is 0. The van der Waals surface area contributed by atoms with Crippen LogP contribution in [0.25, 0.3) is 16.3 Å². The zero-order valence-electron chi connectivity index (χ0n) is 10.2. The first-order valence-corrected chi connectivity index (χ1v) is 6.64. The van der Waals surface area contributed by atoms with Crippen LogP contribution in [0.1, 0.15) is 0 Å². The fourth-order valence-corrected chi connectivity index (χ4v) is 2.89. The molecule has 3 rings (SSSR count). The standard InChI is InChI=1S/C15H13N2S.ClH/c16-14-11-18-15(12-7-3-1-4-8-12)17(14)13-9-5-2-6-10-13;/h1-11H,16H2;1H/q+1;/p-1. The van der Waals surface area contributed by atoms with Crippen LogP contribution < -0.4 is 22.7 Å². The number of para-hydroxylation sites is 1. The number of rotatable bonds is 2. The maximum Gasteiger partial charge on any atom is 0.288 e. The fraction of sp³-hybridized carbons (Fsp3) is 0. The van der Waals surface area contributed by atoms with Gasteiger partial charge in [0.15, 0.2) is 5.01 Å². The Bertz CT molecular complexity index is 650. The van der Waals surface area contributed by atoms with Gasteiger partial charge in [0.2, 0.25) is 0 Å². The summed E-state index contributed by atoms with van der Waals surface area (Å²) in [7, 11) is 0. The van der Waals surface area contributed by atoms with Gasteiger partial charge >= 0.3 is 0 Å². The molecule has 0 spiro atoms. The Morgan fingerprint density at radius 3 is 2.05 bits per heavy atom. The molecule has 1 aromatic heterocycles. The van der Waals surface area contributed by atoms with Crippen molar-refractivity contribution in [1.29, 1.82) is 0 Å². The van der Waals surface area contributed by atoms with Crippen LogP contribution >= 0.6 is 11.3 Å². The maximum absolute atomic E-state index is 6.08. The lowest BCUT2D eigenvalue weighted by molar-refractivity contribution is -0.563. The van der Waals surface area contributed by atoms with E-state index in [9.17, 15) is 0 Å². The number of anilines is 1. The number of nitrogen functional groups attached to an aromatic ring is 1. The third kappa shape index (κ3) is 2.62. The Hall–Kier alpha value is -1.84. The Morgan fingerprint density at radius 1 is 0.842 bits per heavy atom. The number of hydrogen-bond acceptors (Lipinski definition) is 2. The minimum atomic E-state index is 0. The third-order valence-electron chi connectivity index (χ3n) is 2.79. The van der Waals surface area contributed by atoms with Gasteiger partial charge in [-0.15, -0.1) is 0 Å². The van der Waals surface area contributed by atoms with Gasteiger partial charge in [-0.2, -0.15) is 4.57 Å². The monoisotopic (exact) mass is 288 g/mol. The summed E-state index contributed by atoms with van der Waals surface area (Å²) in [4.78, 5) is 0. The summed E-state index contributed by atoms with van der Waals surface area (Å²) in [6.45, 7) is 0. The van der Waals surface area contributed by atoms with Crippen molar-refractivity contribution in [3.8, 4) is 16.3 Å². The zero-order valence-corrected chi connectivity index (χ0v) is 11.7. The van der Waals surface area contributed by atoms with Crippen LogP contribution in [0.5, 0.6) is 0 Å². The molecule has 19 heavy (non-hydrogen) atoms. The number of nitrogens with zero attached hydrogens (tertiary/aromatic N) is 1. The third-order valence-corrected chi connectivity index (χ3v) is 3.79. The molecule has 0 atom stereocenters. The largest absolute Gasteiger partial charge is 1.00 e. The highest BCUT2D eigenvalue weighted by atomic mass is 35.5. The topological polar surface area (TPSA) is 29.9 Å². The van der Waals surface area contributed by atoms with Gasteiger partial charge in [0, 0.05) is 5.56 Å². The van der Waals surface area contributed by atoms with Crippen molar-refractivity contribution >= 4 is 17.2 Å². The van der Waals surface area contributed by atoms with Crippen LogP contribution in [0, 0.1) is 0 Å². The van der Waals surface area contributed by atoms with Crippen LogP contribution in [-0.4, -0.2) is 0 Å². The molecule has 0 aliphatic carbocycles. The maximum atomic E-state index is 6.08. The van der Waals surface area contributed by atoms with Crippen molar-refractivity contribution in [3.63, 3.8) is 0 Å². The van der Waals surface area contributed by atoms with Crippen molar-refractivity contribution in [2.24, 2.45) is 0 Å². The average Bonchev–Trinajstić information content (AvgIpc) is 2.83. The Labute approximate surface area is 122 Å². The Morgan fingerprint density at radius 2 is 1.42 bits per heavy atom. The predicted molar refractivity (Wildman–Crippen MR) is 75.7 cm³/mol. The van der Waals surface area contributed by atoms with Crippen LogP contribution in [0.4, 0.5) is 5.82 Å². The van der Waals surface area contributed by atoms with Gasteiger partial charge in [-0.05, 0) is 24.3 Å². The summed E-state index contributed by atoms with van der Waals surface area (Å²) in [6, 6.07) is 20.5. The lowest BCUT2D eigenvalue weighted by Crippen LogP contribution is -3.00. The highest BCUT2D eigenvalue weighted by Crippen LogP contribution is 2.24. The fourth-order valence-electron chi connectivity index (χ4n) is 1.96. The van der Waals surface area contributed by atoms with Gasteiger partial charge < -0.3 is 12.4 Å². The molecule has 0 aliphatic heterocycles. The molecule has 4 heteroatoms. The molecule has 0 saturated heterocycles. The minimum Gasteiger partial charge on any atom is -1.00 e. The second kappa shape index (κ2) is 5.87. The van der Waals surface area contributed by atoms with E-state index in [1.165, 1.54) is 5.56 Å². The Balaban J connectivity index is 0.00000133. The summed E-state index contributed by atoms with van der Waals surface area (Å²) < 4.78 is 2.08. The molecule has 2 nitrogen and oxygen atoms in total. The van der Waals surface area contributed by atoms with E-state index < -0.39 is 0 Å². The van der Waals surface area contributed by atoms with Crippen LogP contribution in [0.15, 0.2) is 66.0 Å². The van der Waals surface area contributed by atoms with Crippen LogP contribution in [0.2, 0.25) is 0 Å². The quantitative estimate of drug-likeness (QED) is 0.675. The van der Waals surface area contributed by atoms with Gasteiger partial charge in [0.05, 0.1) is 5.38 Å². The molecule has 0 saturated carbocycles. The molecule has 96 valence electrons. The van der Waals surface area contributed by atoms with Gasteiger partial charge in [-0.25, -0.2) is 0 Å². The molecule has 3 aromatic rings. The molecule has 2 N–H and O–H groups in total. The van der Waals surface area contributed by atoms with Crippen molar-refractivity contribution in [2.75, 3.05) is 5.73 Å². The summed E-state index contributed by atoms with van der Waals surface area (Å²) >= 11 is 1.66. The molecule has 0 radical (unpaired) electrons. The molecule has 0 unspecified atom stereocenters. The van der Waals surface area contributed by atoms with Crippen LogP contribution in [-0.2, 0) is 0 Å². The molecular weight excluding hydrogens is 276 g/mol. The summed E-state index contributed by atoms with van der Waals surface area (Å²) in [5, 5.41) is 3.13. The average molecular weight is 289 g/mol. The second-order valence-electron chi connectivity index (χ2n) is 4.00. The van der Waals surface area contributed by atoms with E-state index in [0.717, 1.165) is 16.5 Å². The van der Waals surface area contributed by atoms with E-state index in [2.05, 4.69) is 28.8 Å². The van der Waals surface area contributed by atoms with Gasteiger partial charge in [0.25, 0.3) is 5.82 Å². The number of thiazole rings is 1. The van der Waals surface area contributed by atoms with E-state index in [-0.39, 0.29) is 12.4 Å². The lowest BCUT2D eigenvalue weighted by atomic mass is 10.2. The number of nitrogens with two attached hydrogens (primary N) is 1. The second-order valence-corrected chi connectivity index (χ2v) is 4.86.